The summed E-state index contributed by atoms with van der Waals surface area (Å²) in [5.41, 5.74) is 3.02. The molecule has 0 fully saturated rings. The molecule has 128 valence electrons. The van der Waals surface area contributed by atoms with Gasteiger partial charge in [-0.1, -0.05) is 6.07 Å². The standard InChI is InChI=1S/C20H16N4O2/c1-14-4-5-16(12-21)11-17(14)24-20(25)19-18(3-2-8-23-19)26-13-15-6-9-22-10-7-15/h2-11H,13H2,1H3,(H,24,25). The van der Waals surface area contributed by atoms with Crippen LogP contribution in [0.25, 0.3) is 0 Å². The maximum atomic E-state index is 12.7. The lowest BCUT2D eigenvalue weighted by Gasteiger charge is -2.12. The first-order valence-corrected chi connectivity index (χ1v) is 7.96. The van der Waals surface area contributed by atoms with E-state index >= 15 is 0 Å². The summed E-state index contributed by atoms with van der Waals surface area (Å²) in [5, 5.41) is 11.8. The second-order valence-electron chi connectivity index (χ2n) is 5.59. The van der Waals surface area contributed by atoms with Gasteiger partial charge in [-0.2, -0.15) is 5.26 Å². The van der Waals surface area contributed by atoms with Crippen LogP contribution in [-0.2, 0) is 6.61 Å². The largest absolute Gasteiger partial charge is 0.486 e. The van der Waals surface area contributed by atoms with Crippen LogP contribution < -0.4 is 10.1 Å². The van der Waals surface area contributed by atoms with Crippen LogP contribution in [0.4, 0.5) is 5.69 Å². The third-order valence-corrected chi connectivity index (χ3v) is 3.74. The van der Waals surface area contributed by atoms with Crippen LogP contribution in [0.15, 0.2) is 61.1 Å². The Bertz CT molecular complexity index is 965. The molecule has 3 rings (SSSR count). The number of aryl methyl sites for hydroxylation is 1. The second-order valence-corrected chi connectivity index (χ2v) is 5.59. The molecule has 2 aromatic heterocycles. The van der Waals surface area contributed by atoms with Crippen molar-refractivity contribution in [3.05, 3.63) is 83.4 Å². The lowest BCUT2D eigenvalue weighted by Crippen LogP contribution is -2.16. The number of nitriles is 1. The second kappa shape index (κ2) is 7.90. The van der Waals surface area contributed by atoms with Crippen molar-refractivity contribution < 1.29 is 9.53 Å². The summed E-state index contributed by atoms with van der Waals surface area (Å²) < 4.78 is 5.75. The first kappa shape index (κ1) is 17.1. The van der Waals surface area contributed by atoms with Gasteiger partial charge in [0.25, 0.3) is 5.91 Å². The Morgan fingerprint density at radius 3 is 2.77 bits per heavy atom. The summed E-state index contributed by atoms with van der Waals surface area (Å²) in [6.07, 6.45) is 4.90. The fourth-order valence-electron chi connectivity index (χ4n) is 2.33. The summed E-state index contributed by atoms with van der Waals surface area (Å²) in [6, 6.07) is 14.3. The summed E-state index contributed by atoms with van der Waals surface area (Å²) in [6.45, 7) is 2.16. The van der Waals surface area contributed by atoms with Crippen LogP contribution >= 0.6 is 0 Å². The van der Waals surface area contributed by atoms with E-state index in [1.807, 2.05) is 19.1 Å². The molecule has 2 heterocycles. The highest BCUT2D eigenvalue weighted by molar-refractivity contribution is 6.05. The first-order chi connectivity index (χ1) is 12.7. The van der Waals surface area contributed by atoms with Gasteiger partial charge in [-0.05, 0) is 54.4 Å². The molecule has 1 N–H and O–H groups in total. The molecule has 3 aromatic rings. The van der Waals surface area contributed by atoms with Gasteiger partial charge in [0.05, 0.1) is 11.6 Å². The highest BCUT2D eigenvalue weighted by Gasteiger charge is 2.15. The Kier molecular flexibility index (Phi) is 5.20. The summed E-state index contributed by atoms with van der Waals surface area (Å²) >= 11 is 0. The monoisotopic (exact) mass is 344 g/mol. The molecule has 0 unspecified atom stereocenters. The molecule has 0 spiro atoms. The molecule has 0 aliphatic carbocycles. The number of carbonyl (C=O) groups excluding carboxylic acids is 1. The molecule has 0 aliphatic rings. The zero-order chi connectivity index (χ0) is 18.4. The molecule has 26 heavy (non-hydrogen) atoms. The number of nitrogens with zero attached hydrogens (tertiary/aromatic N) is 3. The predicted molar refractivity (Wildman–Crippen MR) is 96.7 cm³/mol. The normalized spacial score (nSPS) is 10.0. The summed E-state index contributed by atoms with van der Waals surface area (Å²) in [4.78, 5) is 20.8. The third-order valence-electron chi connectivity index (χ3n) is 3.74. The fraction of sp³-hybridized carbons (Fsp3) is 0.100. The fourth-order valence-corrected chi connectivity index (χ4v) is 2.33. The van der Waals surface area contributed by atoms with Gasteiger partial charge in [-0.25, -0.2) is 4.98 Å². The third kappa shape index (κ3) is 4.02. The lowest BCUT2D eigenvalue weighted by atomic mass is 10.1. The van der Waals surface area contributed by atoms with E-state index in [0.717, 1.165) is 11.1 Å². The van der Waals surface area contributed by atoms with Crippen molar-refractivity contribution >= 4 is 11.6 Å². The highest BCUT2D eigenvalue weighted by atomic mass is 16.5. The number of nitrogens with one attached hydrogen (secondary N) is 1. The number of carbonyl (C=O) groups is 1. The van der Waals surface area contributed by atoms with E-state index in [9.17, 15) is 4.79 Å². The van der Waals surface area contributed by atoms with E-state index < -0.39 is 5.91 Å². The molecule has 0 atom stereocenters. The molecule has 1 amide bonds. The van der Waals surface area contributed by atoms with Crippen molar-refractivity contribution in [2.45, 2.75) is 13.5 Å². The quantitative estimate of drug-likeness (QED) is 0.765. The van der Waals surface area contributed by atoms with Gasteiger partial charge in [-0.15, -0.1) is 0 Å². The number of hydrogen-bond donors (Lipinski definition) is 1. The van der Waals surface area contributed by atoms with Crippen LogP contribution in [-0.4, -0.2) is 15.9 Å². The average Bonchev–Trinajstić information content (AvgIpc) is 2.69. The van der Waals surface area contributed by atoms with Gasteiger partial charge >= 0.3 is 0 Å². The summed E-state index contributed by atoms with van der Waals surface area (Å²) in [5.74, 6) is -0.00980. The van der Waals surface area contributed by atoms with E-state index in [-0.39, 0.29) is 5.69 Å². The van der Waals surface area contributed by atoms with Gasteiger partial charge in [0.2, 0.25) is 0 Å². The number of anilines is 1. The topological polar surface area (TPSA) is 87.9 Å². The number of ether oxygens (including phenoxy) is 1. The van der Waals surface area contributed by atoms with E-state index in [4.69, 9.17) is 10.00 Å². The molecular weight excluding hydrogens is 328 g/mol. The van der Waals surface area contributed by atoms with E-state index in [2.05, 4.69) is 21.4 Å². The number of rotatable bonds is 5. The Morgan fingerprint density at radius 2 is 2.00 bits per heavy atom. The van der Waals surface area contributed by atoms with Gasteiger partial charge in [0.1, 0.15) is 6.61 Å². The van der Waals surface area contributed by atoms with Crippen LogP contribution in [0, 0.1) is 18.3 Å². The SMILES string of the molecule is Cc1ccc(C#N)cc1NC(=O)c1ncccc1OCc1ccncc1. The van der Waals surface area contributed by atoms with Crippen molar-refractivity contribution in [3.8, 4) is 11.8 Å². The van der Waals surface area contributed by atoms with Gasteiger partial charge in [0, 0.05) is 24.3 Å². The molecule has 0 aliphatic heterocycles. The van der Waals surface area contributed by atoms with E-state index in [1.54, 1.807) is 42.7 Å². The molecule has 1 aromatic carbocycles. The average molecular weight is 344 g/mol. The van der Waals surface area contributed by atoms with E-state index in [1.165, 1.54) is 6.20 Å². The molecule has 0 radical (unpaired) electrons. The predicted octanol–water partition coefficient (Wildman–Crippen LogP) is 3.49. The van der Waals surface area contributed by atoms with Crippen molar-refractivity contribution in [1.29, 1.82) is 5.26 Å². The minimum Gasteiger partial charge on any atom is -0.486 e. The minimum absolute atomic E-state index is 0.184. The van der Waals surface area contributed by atoms with Gasteiger partial charge in [0.15, 0.2) is 11.4 Å². The summed E-state index contributed by atoms with van der Waals surface area (Å²) in [7, 11) is 0. The smallest absolute Gasteiger partial charge is 0.278 e. The number of hydrogen-bond acceptors (Lipinski definition) is 5. The van der Waals surface area contributed by atoms with Crippen LogP contribution in [0.2, 0.25) is 0 Å². The van der Waals surface area contributed by atoms with Crippen molar-refractivity contribution in [2.75, 3.05) is 5.32 Å². The van der Waals surface area contributed by atoms with Crippen LogP contribution in [0.1, 0.15) is 27.2 Å². The first-order valence-electron chi connectivity index (χ1n) is 7.96. The maximum Gasteiger partial charge on any atom is 0.278 e. The molecule has 6 heteroatoms. The van der Waals surface area contributed by atoms with Gasteiger partial charge < -0.3 is 10.1 Å². The number of pyridine rings is 2. The number of aromatic nitrogens is 2. The van der Waals surface area contributed by atoms with Crippen molar-refractivity contribution in [1.82, 2.24) is 9.97 Å². The Morgan fingerprint density at radius 1 is 1.19 bits per heavy atom. The Hall–Kier alpha value is -3.72. The van der Waals surface area contributed by atoms with E-state index in [0.29, 0.717) is 23.6 Å². The zero-order valence-corrected chi connectivity index (χ0v) is 14.1. The zero-order valence-electron chi connectivity index (χ0n) is 14.1. The van der Waals surface area contributed by atoms with Crippen molar-refractivity contribution in [2.24, 2.45) is 0 Å². The Labute approximate surface area is 151 Å². The van der Waals surface area contributed by atoms with Crippen LogP contribution in [0.3, 0.4) is 0 Å². The molecule has 0 saturated heterocycles. The number of benzene rings is 1. The Balaban J connectivity index is 1.79. The molecule has 0 saturated carbocycles. The van der Waals surface area contributed by atoms with Crippen molar-refractivity contribution in [3.63, 3.8) is 0 Å². The number of amides is 1. The molecule has 0 bridgehead atoms. The molecule has 6 nitrogen and oxygen atoms in total. The maximum absolute atomic E-state index is 12.7. The minimum atomic E-state index is -0.395. The highest BCUT2D eigenvalue weighted by Crippen LogP contribution is 2.21. The van der Waals surface area contributed by atoms with Gasteiger partial charge in [-0.3, -0.25) is 9.78 Å². The lowest BCUT2D eigenvalue weighted by molar-refractivity contribution is 0.101. The molecular formula is C20H16N4O2. The van der Waals surface area contributed by atoms with Crippen LogP contribution in [0.5, 0.6) is 5.75 Å².